The van der Waals surface area contributed by atoms with Gasteiger partial charge in [0.1, 0.15) is 18.2 Å². The smallest absolute Gasteiger partial charge is 0.232 e. The van der Waals surface area contributed by atoms with Gasteiger partial charge in [0.15, 0.2) is 4.34 Å². The van der Waals surface area contributed by atoms with Gasteiger partial charge in [0, 0.05) is 18.6 Å². The first-order chi connectivity index (χ1) is 14.5. The highest BCUT2D eigenvalue weighted by Gasteiger charge is 2.12. The monoisotopic (exact) mass is 466 g/mol. The van der Waals surface area contributed by atoms with Crippen LogP contribution in [-0.4, -0.2) is 47.0 Å². The van der Waals surface area contributed by atoms with Crippen molar-refractivity contribution < 1.29 is 13.9 Å². The summed E-state index contributed by atoms with van der Waals surface area (Å²) in [6.07, 6.45) is 0. The maximum absolute atomic E-state index is 12.9. The summed E-state index contributed by atoms with van der Waals surface area (Å²) in [7, 11) is 1.74. The second kappa shape index (κ2) is 11.1. The Hall–Kier alpha value is -2.36. The number of carbonyl (C=O) groups is 1. The second-order valence-corrected chi connectivity index (χ2v) is 8.90. The molecule has 0 fully saturated rings. The molecule has 0 aliphatic rings. The lowest BCUT2D eigenvalue weighted by molar-refractivity contribution is -0.127. The van der Waals surface area contributed by atoms with Gasteiger partial charge in [0.2, 0.25) is 11.0 Å². The molecule has 2 aromatic carbocycles. The van der Waals surface area contributed by atoms with E-state index in [1.54, 1.807) is 48.3 Å². The first-order valence-electron chi connectivity index (χ1n) is 9.06. The normalized spacial score (nSPS) is 10.6. The molecule has 0 saturated heterocycles. The number of amides is 1. The van der Waals surface area contributed by atoms with E-state index >= 15 is 0 Å². The van der Waals surface area contributed by atoms with E-state index in [0.717, 1.165) is 5.56 Å². The van der Waals surface area contributed by atoms with Gasteiger partial charge in [-0.3, -0.25) is 4.79 Å². The van der Waals surface area contributed by atoms with E-state index in [9.17, 15) is 9.18 Å². The van der Waals surface area contributed by atoms with Gasteiger partial charge in [-0.25, -0.2) is 4.39 Å². The van der Waals surface area contributed by atoms with Crippen molar-refractivity contribution in [3.63, 3.8) is 0 Å². The van der Waals surface area contributed by atoms with E-state index in [1.807, 2.05) is 0 Å². The Balaban J connectivity index is 1.36. The molecule has 0 saturated carbocycles. The van der Waals surface area contributed by atoms with Crippen LogP contribution in [0.1, 0.15) is 5.56 Å². The zero-order valence-corrected chi connectivity index (χ0v) is 18.6. The number of anilines is 1. The fourth-order valence-electron chi connectivity index (χ4n) is 2.31. The molecule has 0 spiro atoms. The molecule has 1 amide bonds. The number of halogens is 2. The number of likely N-dealkylation sites (N-methyl/N-ethyl adjacent to an activating group) is 1. The lowest BCUT2D eigenvalue weighted by Crippen LogP contribution is -2.32. The summed E-state index contributed by atoms with van der Waals surface area (Å²) in [6, 6.07) is 13.4. The summed E-state index contributed by atoms with van der Waals surface area (Å²) in [5, 5.41) is 12.6. The third kappa shape index (κ3) is 7.16. The minimum Gasteiger partial charge on any atom is -0.492 e. The Morgan fingerprint density at radius 2 is 1.93 bits per heavy atom. The lowest BCUT2D eigenvalue weighted by atomic mass is 10.2. The molecule has 30 heavy (non-hydrogen) atoms. The molecule has 0 atom stereocenters. The summed E-state index contributed by atoms with van der Waals surface area (Å²) in [5.41, 5.74) is 0.943. The Labute approximate surface area is 187 Å². The summed E-state index contributed by atoms with van der Waals surface area (Å²) < 4.78 is 19.2. The third-order valence-electron chi connectivity index (χ3n) is 4.02. The zero-order valence-electron chi connectivity index (χ0n) is 16.2. The first-order valence-corrected chi connectivity index (χ1v) is 11.2. The zero-order chi connectivity index (χ0) is 21.3. The molecule has 0 unspecified atom stereocenters. The number of ether oxygens (including phenoxy) is 1. The molecule has 3 rings (SSSR count). The summed E-state index contributed by atoms with van der Waals surface area (Å²) in [5.74, 6) is 0.698. The maximum Gasteiger partial charge on any atom is 0.232 e. The van der Waals surface area contributed by atoms with Gasteiger partial charge in [-0.1, -0.05) is 46.8 Å². The van der Waals surface area contributed by atoms with E-state index in [4.69, 9.17) is 16.3 Å². The van der Waals surface area contributed by atoms with Crippen molar-refractivity contribution in [3.05, 3.63) is 64.9 Å². The van der Waals surface area contributed by atoms with Crippen molar-refractivity contribution in [2.45, 2.75) is 10.9 Å². The van der Waals surface area contributed by atoms with Crippen molar-refractivity contribution in [1.29, 1.82) is 0 Å². The van der Waals surface area contributed by atoms with Gasteiger partial charge in [0.25, 0.3) is 0 Å². The van der Waals surface area contributed by atoms with Crippen LogP contribution in [0.2, 0.25) is 5.02 Å². The van der Waals surface area contributed by atoms with Crippen molar-refractivity contribution in [2.24, 2.45) is 0 Å². The highest BCUT2D eigenvalue weighted by molar-refractivity contribution is 8.01. The Bertz CT molecular complexity index is 954. The van der Waals surface area contributed by atoms with Crippen LogP contribution in [0.15, 0.2) is 52.9 Å². The SMILES string of the molecule is CN(CCOc1ccc(Cl)cc1)C(=O)CSc1nnc(NCc2ccc(F)cc2)s1. The molecular formula is C20H20ClFN4O2S2. The van der Waals surface area contributed by atoms with E-state index in [2.05, 4.69) is 15.5 Å². The van der Waals surface area contributed by atoms with Gasteiger partial charge in [-0.05, 0) is 42.0 Å². The molecule has 0 radical (unpaired) electrons. The van der Waals surface area contributed by atoms with Crippen LogP contribution < -0.4 is 10.1 Å². The Morgan fingerprint density at radius 1 is 1.20 bits per heavy atom. The molecule has 1 heterocycles. The topological polar surface area (TPSA) is 67.3 Å². The molecular weight excluding hydrogens is 447 g/mol. The number of hydrogen-bond donors (Lipinski definition) is 1. The Morgan fingerprint density at radius 3 is 2.67 bits per heavy atom. The molecule has 0 bridgehead atoms. The summed E-state index contributed by atoms with van der Waals surface area (Å²) in [4.78, 5) is 13.9. The number of rotatable bonds is 10. The average Bonchev–Trinajstić information content (AvgIpc) is 3.21. The van der Waals surface area contributed by atoms with Crippen LogP contribution >= 0.6 is 34.7 Å². The van der Waals surface area contributed by atoms with Crippen LogP contribution in [0, 0.1) is 5.82 Å². The third-order valence-corrected chi connectivity index (χ3v) is 6.27. The first kappa shape index (κ1) is 22.3. The van der Waals surface area contributed by atoms with Crippen molar-refractivity contribution in [1.82, 2.24) is 15.1 Å². The number of aromatic nitrogens is 2. The molecule has 10 heteroatoms. The standard InChI is InChI=1S/C20H20ClFN4O2S2/c1-26(10-11-28-17-8-4-15(21)5-9-17)18(27)13-29-20-25-24-19(30-20)23-12-14-2-6-16(22)7-3-14/h2-9H,10-13H2,1H3,(H,23,24). The highest BCUT2D eigenvalue weighted by Crippen LogP contribution is 2.26. The van der Waals surface area contributed by atoms with Crippen molar-refractivity contribution >= 4 is 45.7 Å². The number of nitrogens with zero attached hydrogens (tertiary/aromatic N) is 3. The van der Waals surface area contributed by atoms with E-state index in [0.29, 0.717) is 39.9 Å². The predicted molar refractivity (Wildman–Crippen MR) is 119 cm³/mol. The molecule has 6 nitrogen and oxygen atoms in total. The fourth-order valence-corrected chi connectivity index (χ4v) is 4.12. The highest BCUT2D eigenvalue weighted by atomic mass is 35.5. The van der Waals surface area contributed by atoms with Gasteiger partial charge in [0.05, 0.1) is 12.3 Å². The van der Waals surface area contributed by atoms with Crippen LogP contribution in [-0.2, 0) is 11.3 Å². The quantitative estimate of drug-likeness (QED) is 0.441. The van der Waals surface area contributed by atoms with Crippen molar-refractivity contribution in [3.8, 4) is 5.75 Å². The predicted octanol–water partition coefficient (Wildman–Crippen LogP) is 4.57. The number of hydrogen-bond acceptors (Lipinski definition) is 7. The minimum atomic E-state index is -0.264. The van der Waals surface area contributed by atoms with E-state index < -0.39 is 0 Å². The molecule has 1 aromatic heterocycles. The Kier molecular flexibility index (Phi) is 8.30. The van der Waals surface area contributed by atoms with E-state index in [1.165, 1.54) is 35.2 Å². The summed E-state index contributed by atoms with van der Waals surface area (Å²) in [6.45, 7) is 1.39. The van der Waals surface area contributed by atoms with Gasteiger partial charge >= 0.3 is 0 Å². The molecule has 0 aliphatic carbocycles. The van der Waals surface area contributed by atoms with Crippen LogP contribution in [0.3, 0.4) is 0 Å². The molecule has 1 N–H and O–H groups in total. The largest absolute Gasteiger partial charge is 0.492 e. The number of thioether (sulfide) groups is 1. The lowest BCUT2D eigenvalue weighted by Gasteiger charge is -2.17. The molecule has 0 aliphatic heterocycles. The minimum absolute atomic E-state index is 0.0178. The average molecular weight is 467 g/mol. The van der Waals surface area contributed by atoms with Crippen LogP contribution in [0.4, 0.5) is 9.52 Å². The number of benzene rings is 2. The molecule has 3 aromatic rings. The van der Waals surface area contributed by atoms with Crippen LogP contribution in [0.5, 0.6) is 5.75 Å². The maximum atomic E-state index is 12.9. The van der Waals surface area contributed by atoms with Gasteiger partial charge in [-0.15, -0.1) is 10.2 Å². The van der Waals surface area contributed by atoms with Gasteiger partial charge in [-0.2, -0.15) is 0 Å². The van der Waals surface area contributed by atoms with Crippen molar-refractivity contribution in [2.75, 3.05) is 31.3 Å². The fraction of sp³-hybridized carbons (Fsp3) is 0.250. The number of carbonyl (C=O) groups excluding carboxylic acids is 1. The number of nitrogens with one attached hydrogen (secondary N) is 1. The van der Waals surface area contributed by atoms with Gasteiger partial charge < -0.3 is 15.0 Å². The van der Waals surface area contributed by atoms with E-state index in [-0.39, 0.29) is 17.5 Å². The second-order valence-electron chi connectivity index (χ2n) is 6.26. The molecule has 158 valence electrons. The summed E-state index contributed by atoms with van der Waals surface area (Å²) >= 11 is 8.56. The van der Waals surface area contributed by atoms with Crippen LogP contribution in [0.25, 0.3) is 0 Å².